The van der Waals surface area contributed by atoms with Crippen LogP contribution in [0.4, 0.5) is 0 Å². The molecule has 3 nitrogen and oxygen atoms in total. The van der Waals surface area contributed by atoms with Crippen molar-refractivity contribution in [1.82, 2.24) is 4.90 Å². The van der Waals surface area contributed by atoms with E-state index in [1.54, 1.807) is 0 Å². The van der Waals surface area contributed by atoms with Crippen molar-refractivity contribution in [3.05, 3.63) is 33.8 Å². The highest BCUT2D eigenvalue weighted by molar-refractivity contribution is 9.10. The highest BCUT2D eigenvalue weighted by Crippen LogP contribution is 2.19. The maximum Gasteiger partial charge on any atom is 0.253 e. The first-order valence-electron chi connectivity index (χ1n) is 6.20. The molecule has 2 rings (SSSR count). The third kappa shape index (κ3) is 3.12. The molecule has 0 radical (unpaired) electrons. The van der Waals surface area contributed by atoms with Crippen LogP contribution in [0.1, 0.15) is 28.8 Å². The summed E-state index contributed by atoms with van der Waals surface area (Å²) in [6.45, 7) is 3.50. The van der Waals surface area contributed by atoms with E-state index < -0.39 is 0 Å². The lowest BCUT2D eigenvalue weighted by atomic mass is 10.1. The highest BCUT2D eigenvalue weighted by Gasteiger charge is 2.23. The smallest absolute Gasteiger partial charge is 0.253 e. The van der Waals surface area contributed by atoms with Crippen molar-refractivity contribution in [2.45, 2.75) is 25.8 Å². The van der Waals surface area contributed by atoms with Crippen molar-refractivity contribution < 1.29 is 9.53 Å². The molecule has 0 saturated carbocycles. The molecule has 0 atom stereocenters. The SMILES string of the molecule is Cc1cc(Br)cc(C(=O)N(C)C2CCOCC2)c1. The molecule has 0 bridgehead atoms. The third-order valence-electron chi connectivity index (χ3n) is 3.35. The van der Waals surface area contributed by atoms with E-state index in [0.717, 1.165) is 41.7 Å². The molecular formula is C14H18BrNO2. The van der Waals surface area contributed by atoms with Crippen molar-refractivity contribution in [1.29, 1.82) is 0 Å². The van der Waals surface area contributed by atoms with Crippen LogP contribution in [0.3, 0.4) is 0 Å². The Hall–Kier alpha value is -0.870. The van der Waals surface area contributed by atoms with E-state index in [-0.39, 0.29) is 5.91 Å². The van der Waals surface area contributed by atoms with Gasteiger partial charge in [-0.2, -0.15) is 0 Å². The van der Waals surface area contributed by atoms with Gasteiger partial charge in [0.2, 0.25) is 0 Å². The van der Waals surface area contributed by atoms with Gasteiger partial charge in [-0.25, -0.2) is 0 Å². The average Bonchev–Trinajstić information content (AvgIpc) is 2.37. The van der Waals surface area contributed by atoms with Crippen LogP contribution in [-0.2, 0) is 4.74 Å². The molecule has 1 aromatic rings. The Morgan fingerprint density at radius 3 is 2.61 bits per heavy atom. The summed E-state index contributed by atoms with van der Waals surface area (Å²) in [5.41, 5.74) is 1.84. The normalized spacial score (nSPS) is 16.6. The minimum absolute atomic E-state index is 0.0892. The fraction of sp³-hybridized carbons (Fsp3) is 0.500. The highest BCUT2D eigenvalue weighted by atomic mass is 79.9. The number of ether oxygens (including phenoxy) is 1. The van der Waals surface area contributed by atoms with Crippen LogP contribution in [0.15, 0.2) is 22.7 Å². The van der Waals surface area contributed by atoms with E-state index in [0.29, 0.717) is 6.04 Å². The number of nitrogens with zero attached hydrogens (tertiary/aromatic N) is 1. The molecule has 1 amide bonds. The molecule has 0 aromatic heterocycles. The topological polar surface area (TPSA) is 29.5 Å². The molecule has 1 aliphatic rings. The second-order valence-electron chi connectivity index (χ2n) is 4.78. The van der Waals surface area contributed by atoms with E-state index in [1.165, 1.54) is 0 Å². The summed E-state index contributed by atoms with van der Waals surface area (Å²) in [5, 5.41) is 0. The number of aryl methyl sites for hydroxylation is 1. The summed E-state index contributed by atoms with van der Waals surface area (Å²) in [7, 11) is 1.88. The first-order chi connectivity index (χ1) is 8.58. The first-order valence-corrected chi connectivity index (χ1v) is 6.99. The predicted octanol–water partition coefficient (Wildman–Crippen LogP) is 3.01. The number of hydrogen-bond acceptors (Lipinski definition) is 2. The molecule has 0 spiro atoms. The molecule has 18 heavy (non-hydrogen) atoms. The summed E-state index contributed by atoms with van der Waals surface area (Å²) in [6, 6.07) is 6.12. The van der Waals surface area contributed by atoms with Crippen molar-refractivity contribution in [2.24, 2.45) is 0 Å². The van der Waals surface area contributed by atoms with Crippen LogP contribution >= 0.6 is 15.9 Å². The zero-order chi connectivity index (χ0) is 13.1. The largest absolute Gasteiger partial charge is 0.381 e. The van der Waals surface area contributed by atoms with Crippen LogP contribution in [0.5, 0.6) is 0 Å². The molecule has 0 N–H and O–H groups in total. The van der Waals surface area contributed by atoms with E-state index in [4.69, 9.17) is 4.74 Å². The van der Waals surface area contributed by atoms with Gasteiger partial charge in [0.05, 0.1) is 0 Å². The van der Waals surface area contributed by atoms with Crippen molar-refractivity contribution >= 4 is 21.8 Å². The van der Waals surface area contributed by atoms with Gasteiger partial charge in [0.25, 0.3) is 5.91 Å². The van der Waals surface area contributed by atoms with Gasteiger partial charge >= 0.3 is 0 Å². The number of amides is 1. The molecule has 0 aliphatic carbocycles. The third-order valence-corrected chi connectivity index (χ3v) is 3.81. The molecular weight excluding hydrogens is 294 g/mol. The molecule has 98 valence electrons. The summed E-state index contributed by atoms with van der Waals surface area (Å²) in [5.74, 6) is 0.0892. The van der Waals surface area contributed by atoms with E-state index in [9.17, 15) is 4.79 Å². The second-order valence-corrected chi connectivity index (χ2v) is 5.69. The van der Waals surface area contributed by atoms with Crippen LogP contribution in [0.2, 0.25) is 0 Å². The number of rotatable bonds is 2. The fourth-order valence-corrected chi connectivity index (χ4v) is 2.91. The Morgan fingerprint density at radius 1 is 1.33 bits per heavy atom. The summed E-state index contributed by atoms with van der Waals surface area (Å²) in [4.78, 5) is 14.3. The first kappa shape index (κ1) is 13.6. The molecule has 1 fully saturated rings. The molecule has 1 aliphatic heterocycles. The van der Waals surface area contributed by atoms with Crippen LogP contribution in [-0.4, -0.2) is 37.1 Å². The van der Waals surface area contributed by atoms with Gasteiger partial charge in [-0.05, 0) is 43.5 Å². The maximum atomic E-state index is 12.4. The minimum atomic E-state index is 0.0892. The average molecular weight is 312 g/mol. The maximum absolute atomic E-state index is 12.4. The van der Waals surface area contributed by atoms with Crippen molar-refractivity contribution in [3.8, 4) is 0 Å². The molecule has 1 aromatic carbocycles. The Morgan fingerprint density at radius 2 is 2.00 bits per heavy atom. The molecule has 1 saturated heterocycles. The van der Waals surface area contributed by atoms with Gasteiger partial charge in [-0.3, -0.25) is 4.79 Å². The van der Waals surface area contributed by atoms with E-state index in [1.807, 2.05) is 37.1 Å². The molecule has 4 heteroatoms. The zero-order valence-corrected chi connectivity index (χ0v) is 12.4. The van der Waals surface area contributed by atoms with E-state index in [2.05, 4.69) is 15.9 Å². The Balaban J connectivity index is 2.14. The number of carbonyl (C=O) groups excluding carboxylic acids is 1. The Labute approximate surface area is 116 Å². The number of halogens is 1. The van der Waals surface area contributed by atoms with Gasteiger partial charge in [0.1, 0.15) is 0 Å². The van der Waals surface area contributed by atoms with Gasteiger partial charge < -0.3 is 9.64 Å². The van der Waals surface area contributed by atoms with Gasteiger partial charge in [0, 0.05) is 36.3 Å². The summed E-state index contributed by atoms with van der Waals surface area (Å²) < 4.78 is 6.28. The molecule has 1 heterocycles. The quantitative estimate of drug-likeness (QED) is 0.840. The standard InChI is InChI=1S/C14H18BrNO2/c1-10-7-11(9-12(15)8-10)14(17)16(2)13-3-5-18-6-4-13/h7-9,13H,3-6H2,1-2H3. The lowest BCUT2D eigenvalue weighted by Gasteiger charge is -2.31. The number of carbonyl (C=O) groups is 1. The summed E-state index contributed by atoms with van der Waals surface area (Å²) in [6.07, 6.45) is 1.85. The summed E-state index contributed by atoms with van der Waals surface area (Å²) >= 11 is 3.44. The lowest BCUT2D eigenvalue weighted by Crippen LogP contribution is -2.40. The van der Waals surface area contributed by atoms with Gasteiger partial charge in [0.15, 0.2) is 0 Å². The van der Waals surface area contributed by atoms with Crippen molar-refractivity contribution in [2.75, 3.05) is 20.3 Å². The van der Waals surface area contributed by atoms with E-state index >= 15 is 0 Å². The van der Waals surface area contributed by atoms with Crippen LogP contribution in [0.25, 0.3) is 0 Å². The lowest BCUT2D eigenvalue weighted by molar-refractivity contribution is 0.0362. The van der Waals surface area contributed by atoms with Gasteiger partial charge in [-0.1, -0.05) is 15.9 Å². The second kappa shape index (κ2) is 5.85. The van der Waals surface area contributed by atoms with Gasteiger partial charge in [-0.15, -0.1) is 0 Å². The molecule has 0 unspecified atom stereocenters. The Kier molecular flexibility index (Phi) is 4.40. The van der Waals surface area contributed by atoms with Crippen LogP contribution in [0, 0.1) is 6.92 Å². The zero-order valence-electron chi connectivity index (χ0n) is 10.8. The van der Waals surface area contributed by atoms with Crippen molar-refractivity contribution in [3.63, 3.8) is 0 Å². The predicted molar refractivity (Wildman–Crippen MR) is 74.8 cm³/mol. The fourth-order valence-electron chi connectivity index (χ4n) is 2.30. The number of benzene rings is 1. The Bertz CT molecular complexity index is 421. The number of hydrogen-bond donors (Lipinski definition) is 0. The monoisotopic (exact) mass is 311 g/mol. The minimum Gasteiger partial charge on any atom is -0.381 e. The van der Waals surface area contributed by atoms with Crippen LogP contribution < -0.4 is 0 Å².